The molecule has 0 aromatic heterocycles. The molecule has 2 amide bonds. The maximum Gasteiger partial charge on any atom is 0.243 e. The van der Waals surface area contributed by atoms with E-state index in [0.717, 1.165) is 23.1 Å². The van der Waals surface area contributed by atoms with Crippen LogP contribution in [0, 0.1) is 6.92 Å². The molecule has 178 valence electrons. The summed E-state index contributed by atoms with van der Waals surface area (Å²) < 4.78 is 0. The monoisotopic (exact) mass is 496 g/mol. The van der Waals surface area contributed by atoms with E-state index >= 15 is 0 Å². The number of nitrogens with zero attached hydrogens (tertiary/aromatic N) is 1. The zero-order chi connectivity index (χ0) is 24.5. The Kier molecular flexibility index (Phi) is 9.55. The standard InChI is InChI=1S/C28H30Cl2N2O2/c1-3-15-31-28(34)26(17-21-10-5-4-6-11-21)32(19-23-24(29)13-8-14-25(23)30)27(33)18-22-12-7-9-20(2)16-22/h4-14,16,26H,3,15,17-19H2,1-2H3,(H,31,34)/t26-/m0/s1. The third kappa shape index (κ3) is 7.09. The molecule has 0 aliphatic rings. The molecule has 6 heteroatoms. The lowest BCUT2D eigenvalue weighted by atomic mass is 10.0. The second-order valence-electron chi connectivity index (χ2n) is 8.38. The molecule has 0 aliphatic heterocycles. The van der Waals surface area contributed by atoms with Gasteiger partial charge in [0.2, 0.25) is 11.8 Å². The average Bonchev–Trinajstić information content (AvgIpc) is 2.82. The third-order valence-corrected chi connectivity index (χ3v) is 6.36. The van der Waals surface area contributed by atoms with Crippen molar-refractivity contribution in [3.8, 4) is 0 Å². The van der Waals surface area contributed by atoms with Crippen molar-refractivity contribution in [2.75, 3.05) is 6.54 Å². The topological polar surface area (TPSA) is 49.4 Å². The van der Waals surface area contributed by atoms with E-state index in [1.807, 2.05) is 68.4 Å². The normalized spacial score (nSPS) is 11.6. The van der Waals surface area contributed by atoms with E-state index in [1.54, 1.807) is 23.1 Å². The van der Waals surface area contributed by atoms with Crippen molar-refractivity contribution < 1.29 is 9.59 Å². The zero-order valence-electron chi connectivity index (χ0n) is 19.6. The molecule has 0 unspecified atom stereocenters. The van der Waals surface area contributed by atoms with Crippen LogP contribution in [0.4, 0.5) is 0 Å². The molecule has 1 N–H and O–H groups in total. The predicted molar refractivity (Wildman–Crippen MR) is 139 cm³/mol. The Balaban J connectivity index is 2.00. The van der Waals surface area contributed by atoms with E-state index < -0.39 is 6.04 Å². The van der Waals surface area contributed by atoms with Crippen LogP contribution >= 0.6 is 23.2 Å². The number of carbonyl (C=O) groups excluding carboxylic acids is 2. The number of carbonyl (C=O) groups is 2. The lowest BCUT2D eigenvalue weighted by Crippen LogP contribution is -2.51. The number of benzene rings is 3. The Bertz CT molecular complexity index is 1100. The predicted octanol–water partition coefficient (Wildman–Crippen LogP) is 6.01. The van der Waals surface area contributed by atoms with Gasteiger partial charge in [0.05, 0.1) is 6.42 Å². The van der Waals surface area contributed by atoms with Gasteiger partial charge in [-0.1, -0.05) is 96.4 Å². The molecule has 0 saturated carbocycles. The van der Waals surface area contributed by atoms with Crippen molar-refractivity contribution in [2.45, 2.75) is 45.7 Å². The molecule has 0 aliphatic carbocycles. The first-order chi connectivity index (χ1) is 16.4. The van der Waals surface area contributed by atoms with Gasteiger partial charge >= 0.3 is 0 Å². The van der Waals surface area contributed by atoms with Gasteiger partial charge in [-0.05, 0) is 36.6 Å². The van der Waals surface area contributed by atoms with Gasteiger partial charge in [0.15, 0.2) is 0 Å². The largest absolute Gasteiger partial charge is 0.354 e. The fraction of sp³-hybridized carbons (Fsp3) is 0.286. The van der Waals surface area contributed by atoms with Crippen LogP contribution in [0.2, 0.25) is 10.0 Å². The first kappa shape index (κ1) is 25.8. The van der Waals surface area contributed by atoms with Crippen LogP contribution in [0.1, 0.15) is 35.6 Å². The number of nitrogens with one attached hydrogen (secondary N) is 1. The highest BCUT2D eigenvalue weighted by Crippen LogP contribution is 2.27. The van der Waals surface area contributed by atoms with Crippen LogP contribution in [0.3, 0.4) is 0 Å². The summed E-state index contributed by atoms with van der Waals surface area (Å²) >= 11 is 12.9. The molecule has 3 rings (SSSR count). The van der Waals surface area contributed by atoms with Crippen LogP contribution in [-0.2, 0) is 29.0 Å². The molecule has 1 atom stereocenters. The summed E-state index contributed by atoms with van der Waals surface area (Å²) in [6.07, 6.45) is 1.37. The summed E-state index contributed by atoms with van der Waals surface area (Å²) in [5.41, 5.74) is 3.57. The third-order valence-electron chi connectivity index (χ3n) is 5.65. The van der Waals surface area contributed by atoms with E-state index in [1.165, 1.54) is 0 Å². The van der Waals surface area contributed by atoms with Gasteiger partial charge in [-0.2, -0.15) is 0 Å². The maximum atomic E-state index is 13.7. The Morgan fingerprint density at radius 3 is 2.21 bits per heavy atom. The maximum absolute atomic E-state index is 13.7. The molecule has 0 heterocycles. The van der Waals surface area contributed by atoms with Crippen LogP contribution in [0.15, 0.2) is 72.8 Å². The van der Waals surface area contributed by atoms with E-state index in [4.69, 9.17) is 23.2 Å². The highest BCUT2D eigenvalue weighted by molar-refractivity contribution is 6.36. The van der Waals surface area contributed by atoms with Crippen LogP contribution in [0.25, 0.3) is 0 Å². The summed E-state index contributed by atoms with van der Waals surface area (Å²) in [7, 11) is 0. The van der Waals surface area contributed by atoms with Crippen LogP contribution in [-0.4, -0.2) is 29.3 Å². The fourth-order valence-corrected chi connectivity index (χ4v) is 4.39. The lowest BCUT2D eigenvalue weighted by molar-refractivity contribution is -0.140. The molecule has 4 nitrogen and oxygen atoms in total. The molecule has 3 aromatic rings. The second kappa shape index (κ2) is 12.6. The molecular weight excluding hydrogens is 467 g/mol. The minimum atomic E-state index is -0.710. The summed E-state index contributed by atoms with van der Waals surface area (Å²) in [6.45, 7) is 4.67. The first-order valence-corrected chi connectivity index (χ1v) is 12.2. The zero-order valence-corrected chi connectivity index (χ0v) is 21.1. The van der Waals surface area contributed by atoms with Crippen molar-refractivity contribution in [3.05, 3.63) is 105 Å². The number of halogens is 2. The minimum absolute atomic E-state index is 0.139. The van der Waals surface area contributed by atoms with Crippen molar-refractivity contribution >= 4 is 35.0 Å². The average molecular weight is 497 g/mol. The van der Waals surface area contributed by atoms with E-state index in [2.05, 4.69) is 5.32 Å². The fourth-order valence-electron chi connectivity index (χ4n) is 3.87. The summed E-state index contributed by atoms with van der Waals surface area (Å²) in [5.74, 6) is -0.347. The molecule has 34 heavy (non-hydrogen) atoms. The van der Waals surface area contributed by atoms with Gasteiger partial charge < -0.3 is 10.2 Å². The number of aryl methyl sites for hydroxylation is 1. The van der Waals surface area contributed by atoms with Crippen LogP contribution < -0.4 is 5.32 Å². The molecule has 0 radical (unpaired) electrons. The number of amides is 2. The van der Waals surface area contributed by atoms with Gasteiger partial charge in [-0.15, -0.1) is 0 Å². The number of hydrogen-bond donors (Lipinski definition) is 1. The van der Waals surface area contributed by atoms with Crippen molar-refractivity contribution in [1.29, 1.82) is 0 Å². The lowest BCUT2D eigenvalue weighted by Gasteiger charge is -2.32. The van der Waals surface area contributed by atoms with E-state index in [-0.39, 0.29) is 24.8 Å². The quantitative estimate of drug-likeness (QED) is 0.373. The van der Waals surface area contributed by atoms with Crippen molar-refractivity contribution in [3.63, 3.8) is 0 Å². The first-order valence-electron chi connectivity index (χ1n) is 11.5. The van der Waals surface area contributed by atoms with Crippen LogP contribution in [0.5, 0.6) is 0 Å². The minimum Gasteiger partial charge on any atom is -0.354 e. The summed E-state index contributed by atoms with van der Waals surface area (Å²) in [4.78, 5) is 28.7. The summed E-state index contributed by atoms with van der Waals surface area (Å²) in [5, 5.41) is 3.91. The molecule has 0 saturated heterocycles. The van der Waals surface area contributed by atoms with Crippen molar-refractivity contribution in [1.82, 2.24) is 10.2 Å². The van der Waals surface area contributed by atoms with Gasteiger partial charge in [0, 0.05) is 35.1 Å². The molecule has 0 bridgehead atoms. The van der Waals surface area contributed by atoms with Gasteiger partial charge in [0.25, 0.3) is 0 Å². The van der Waals surface area contributed by atoms with Gasteiger partial charge in [-0.3, -0.25) is 9.59 Å². The van der Waals surface area contributed by atoms with Gasteiger partial charge in [-0.25, -0.2) is 0 Å². The Morgan fingerprint density at radius 2 is 1.56 bits per heavy atom. The number of rotatable bonds is 10. The van der Waals surface area contributed by atoms with E-state index in [9.17, 15) is 9.59 Å². The SMILES string of the molecule is CCCNC(=O)[C@H](Cc1ccccc1)N(Cc1c(Cl)cccc1Cl)C(=O)Cc1cccc(C)c1. The number of hydrogen-bond acceptors (Lipinski definition) is 2. The molecular formula is C28H30Cl2N2O2. The molecule has 0 spiro atoms. The van der Waals surface area contributed by atoms with Gasteiger partial charge in [0.1, 0.15) is 6.04 Å². The highest BCUT2D eigenvalue weighted by Gasteiger charge is 2.31. The Labute approximate surface area is 211 Å². The van der Waals surface area contributed by atoms with E-state index in [0.29, 0.717) is 28.6 Å². The highest BCUT2D eigenvalue weighted by atomic mass is 35.5. The van der Waals surface area contributed by atoms with Crippen molar-refractivity contribution in [2.24, 2.45) is 0 Å². The molecule has 3 aromatic carbocycles. The summed E-state index contributed by atoms with van der Waals surface area (Å²) in [6, 6.07) is 22.1. The molecule has 0 fully saturated rings. The Morgan fingerprint density at radius 1 is 0.912 bits per heavy atom. The second-order valence-corrected chi connectivity index (χ2v) is 9.20. The smallest absolute Gasteiger partial charge is 0.243 e. The Hall–Kier alpha value is -2.82.